The van der Waals surface area contributed by atoms with Crippen LogP contribution in [0.3, 0.4) is 0 Å². The number of fused-ring (bicyclic) bond motifs is 1. The summed E-state index contributed by atoms with van der Waals surface area (Å²) in [4.78, 5) is 30.0. The second-order valence-electron chi connectivity index (χ2n) is 7.33. The van der Waals surface area contributed by atoms with Crippen molar-refractivity contribution >= 4 is 23.6 Å². The Kier molecular flexibility index (Phi) is 6.06. The molecule has 3 heterocycles. The average Bonchev–Trinajstić information content (AvgIpc) is 3.13. The van der Waals surface area contributed by atoms with Gasteiger partial charge in [0.15, 0.2) is 0 Å². The Bertz CT molecular complexity index is 937. The van der Waals surface area contributed by atoms with E-state index >= 15 is 0 Å². The molecule has 1 aromatic heterocycles. The minimum Gasteiger partial charge on any atom is -0.490 e. The number of aliphatic hydroxyl groups excluding tert-OH is 1. The number of nitrogens with one attached hydrogen (secondary N) is 1. The standard InChI is InChI=1S/C21H22ClN3O5/c22-15-3-1-13(2-4-15)9-24-20(27)18-8-19(14(11-26)10-23-18)30-17-5-6-25-16(7-17)12-29-21(25)28/h1-4,8,10,16-17,26H,5-7,9,11-12H2,(H,24,27)/t16-,17-/m0/s1. The molecule has 2 saturated heterocycles. The fourth-order valence-electron chi connectivity index (χ4n) is 3.64. The van der Waals surface area contributed by atoms with Crippen LogP contribution >= 0.6 is 11.6 Å². The number of piperidine rings is 1. The first-order chi connectivity index (χ1) is 14.5. The van der Waals surface area contributed by atoms with Crippen LogP contribution in [0.2, 0.25) is 5.02 Å². The molecule has 0 spiro atoms. The molecule has 2 aromatic rings. The molecular formula is C21H22ClN3O5. The number of carbonyl (C=O) groups is 2. The molecule has 2 atom stereocenters. The van der Waals surface area contributed by atoms with Crippen LogP contribution in [0.1, 0.15) is 34.5 Å². The second-order valence-corrected chi connectivity index (χ2v) is 7.77. The zero-order valence-electron chi connectivity index (χ0n) is 16.2. The number of benzene rings is 1. The van der Waals surface area contributed by atoms with Crippen LogP contribution in [0.4, 0.5) is 4.79 Å². The highest BCUT2D eigenvalue weighted by Gasteiger charge is 2.39. The van der Waals surface area contributed by atoms with Gasteiger partial charge in [-0.3, -0.25) is 9.78 Å². The smallest absolute Gasteiger partial charge is 0.410 e. The first-order valence-electron chi connectivity index (χ1n) is 9.76. The van der Waals surface area contributed by atoms with Gasteiger partial charge in [-0.1, -0.05) is 23.7 Å². The van der Waals surface area contributed by atoms with Crippen LogP contribution in [-0.2, 0) is 17.9 Å². The number of aliphatic hydroxyl groups is 1. The maximum atomic E-state index is 12.5. The third-order valence-electron chi connectivity index (χ3n) is 5.31. The topological polar surface area (TPSA) is 101 Å². The minimum absolute atomic E-state index is 0.00203. The van der Waals surface area contributed by atoms with Crippen LogP contribution in [0.15, 0.2) is 36.5 Å². The molecular weight excluding hydrogens is 410 g/mol. The van der Waals surface area contributed by atoms with Gasteiger partial charge in [0.05, 0.1) is 12.6 Å². The molecule has 2 N–H and O–H groups in total. The monoisotopic (exact) mass is 431 g/mol. The number of hydrogen-bond acceptors (Lipinski definition) is 6. The van der Waals surface area contributed by atoms with E-state index in [1.165, 1.54) is 6.20 Å². The summed E-state index contributed by atoms with van der Waals surface area (Å²) in [5, 5.41) is 13.1. The molecule has 0 unspecified atom stereocenters. The Morgan fingerprint density at radius 1 is 1.37 bits per heavy atom. The van der Waals surface area contributed by atoms with E-state index in [1.807, 2.05) is 12.1 Å². The summed E-state index contributed by atoms with van der Waals surface area (Å²) in [5.41, 5.74) is 1.62. The van der Waals surface area contributed by atoms with Crippen molar-refractivity contribution in [2.75, 3.05) is 13.2 Å². The van der Waals surface area contributed by atoms with Gasteiger partial charge in [-0.2, -0.15) is 0 Å². The Hall–Kier alpha value is -2.84. The molecule has 2 amide bonds. The summed E-state index contributed by atoms with van der Waals surface area (Å²) >= 11 is 5.88. The molecule has 0 saturated carbocycles. The fourth-order valence-corrected chi connectivity index (χ4v) is 3.77. The third kappa shape index (κ3) is 4.49. The van der Waals surface area contributed by atoms with Gasteiger partial charge in [0.25, 0.3) is 5.91 Å². The van der Waals surface area contributed by atoms with Crippen molar-refractivity contribution in [2.24, 2.45) is 0 Å². The van der Waals surface area contributed by atoms with Gasteiger partial charge >= 0.3 is 6.09 Å². The van der Waals surface area contributed by atoms with Gasteiger partial charge in [0.2, 0.25) is 0 Å². The zero-order valence-corrected chi connectivity index (χ0v) is 17.0. The predicted octanol–water partition coefficient (Wildman–Crippen LogP) is 2.52. The maximum absolute atomic E-state index is 12.5. The van der Waals surface area contributed by atoms with E-state index in [0.717, 1.165) is 5.56 Å². The maximum Gasteiger partial charge on any atom is 0.410 e. The number of nitrogens with zero attached hydrogens (tertiary/aromatic N) is 2. The lowest BCUT2D eigenvalue weighted by Gasteiger charge is -2.32. The van der Waals surface area contributed by atoms with Gasteiger partial charge < -0.3 is 24.8 Å². The lowest BCUT2D eigenvalue weighted by molar-refractivity contribution is 0.0897. The lowest BCUT2D eigenvalue weighted by atomic mass is 10.0. The van der Waals surface area contributed by atoms with Crippen molar-refractivity contribution in [3.63, 3.8) is 0 Å². The highest BCUT2D eigenvalue weighted by atomic mass is 35.5. The van der Waals surface area contributed by atoms with E-state index in [-0.39, 0.29) is 36.4 Å². The van der Waals surface area contributed by atoms with Crippen LogP contribution < -0.4 is 10.1 Å². The molecule has 158 valence electrons. The molecule has 0 bridgehead atoms. The SMILES string of the molecule is O=C(NCc1ccc(Cl)cc1)c1cc(O[C@H]2CCN3C(=O)OC[C@@H]3C2)c(CO)cn1. The Balaban J connectivity index is 1.42. The Labute approximate surface area is 178 Å². The largest absolute Gasteiger partial charge is 0.490 e. The summed E-state index contributed by atoms with van der Waals surface area (Å²) < 4.78 is 11.2. The number of ether oxygens (including phenoxy) is 2. The van der Waals surface area contributed by atoms with E-state index in [9.17, 15) is 14.7 Å². The molecule has 1 aromatic carbocycles. The van der Waals surface area contributed by atoms with Crippen molar-refractivity contribution in [1.29, 1.82) is 0 Å². The third-order valence-corrected chi connectivity index (χ3v) is 5.56. The van der Waals surface area contributed by atoms with Gasteiger partial charge in [-0.05, 0) is 17.7 Å². The first-order valence-corrected chi connectivity index (χ1v) is 10.1. The van der Waals surface area contributed by atoms with Gasteiger partial charge in [-0.15, -0.1) is 0 Å². The Morgan fingerprint density at radius 3 is 2.93 bits per heavy atom. The number of hydrogen-bond donors (Lipinski definition) is 2. The highest BCUT2D eigenvalue weighted by Crippen LogP contribution is 2.28. The quantitative estimate of drug-likeness (QED) is 0.728. The Morgan fingerprint density at radius 2 is 2.17 bits per heavy atom. The average molecular weight is 432 g/mol. The summed E-state index contributed by atoms with van der Waals surface area (Å²) in [5.74, 6) is 0.0803. The van der Waals surface area contributed by atoms with Crippen molar-refractivity contribution < 1.29 is 24.2 Å². The zero-order chi connectivity index (χ0) is 21.1. The number of carbonyl (C=O) groups excluding carboxylic acids is 2. The van der Waals surface area contributed by atoms with Crippen molar-refractivity contribution in [3.05, 3.63) is 58.4 Å². The molecule has 2 aliphatic rings. The molecule has 2 fully saturated rings. The second kappa shape index (κ2) is 8.89. The molecule has 9 heteroatoms. The molecule has 4 rings (SSSR count). The van der Waals surface area contributed by atoms with Gasteiger partial charge in [0.1, 0.15) is 24.2 Å². The fraction of sp³-hybridized carbons (Fsp3) is 0.381. The first kappa shape index (κ1) is 20.4. The normalized spacial score (nSPS) is 20.5. The van der Waals surface area contributed by atoms with E-state index < -0.39 is 0 Å². The number of amides is 2. The summed E-state index contributed by atoms with van der Waals surface area (Å²) in [7, 11) is 0. The number of halogens is 1. The predicted molar refractivity (Wildman–Crippen MR) is 108 cm³/mol. The molecule has 0 aliphatic carbocycles. The number of aromatic nitrogens is 1. The van der Waals surface area contributed by atoms with Crippen LogP contribution in [0, 0.1) is 0 Å². The molecule has 0 radical (unpaired) electrons. The lowest BCUT2D eigenvalue weighted by Crippen LogP contribution is -2.44. The summed E-state index contributed by atoms with van der Waals surface area (Å²) in [6.07, 6.45) is 2.31. The van der Waals surface area contributed by atoms with E-state index in [4.69, 9.17) is 21.1 Å². The van der Waals surface area contributed by atoms with Crippen molar-refractivity contribution in [2.45, 2.75) is 38.1 Å². The van der Waals surface area contributed by atoms with Crippen LogP contribution in [0.25, 0.3) is 0 Å². The van der Waals surface area contributed by atoms with E-state index in [2.05, 4.69) is 10.3 Å². The van der Waals surface area contributed by atoms with Crippen LogP contribution in [0.5, 0.6) is 5.75 Å². The number of rotatable bonds is 6. The van der Waals surface area contributed by atoms with Gasteiger partial charge in [0, 0.05) is 48.8 Å². The van der Waals surface area contributed by atoms with Gasteiger partial charge in [-0.25, -0.2) is 4.79 Å². The summed E-state index contributed by atoms with van der Waals surface area (Å²) in [6.45, 7) is 1.01. The molecule has 2 aliphatic heterocycles. The summed E-state index contributed by atoms with van der Waals surface area (Å²) in [6, 6.07) is 8.74. The van der Waals surface area contributed by atoms with Crippen LogP contribution in [-0.4, -0.2) is 52.3 Å². The van der Waals surface area contributed by atoms with Crippen molar-refractivity contribution in [3.8, 4) is 5.75 Å². The number of pyridine rings is 1. The molecule has 8 nitrogen and oxygen atoms in total. The minimum atomic E-state index is -0.344. The van der Waals surface area contributed by atoms with E-state index in [0.29, 0.717) is 48.9 Å². The van der Waals surface area contributed by atoms with Crippen molar-refractivity contribution in [1.82, 2.24) is 15.2 Å². The number of cyclic esters (lactones) is 1. The molecule has 30 heavy (non-hydrogen) atoms. The highest BCUT2D eigenvalue weighted by molar-refractivity contribution is 6.30. The van der Waals surface area contributed by atoms with E-state index in [1.54, 1.807) is 23.1 Å².